The Kier molecular flexibility index (Phi) is 4.89. The normalized spacial score (nSPS) is 16.5. The number of piperidine rings is 1. The Bertz CT molecular complexity index is 807. The van der Waals surface area contributed by atoms with E-state index in [9.17, 15) is 0 Å². The first-order chi connectivity index (χ1) is 12.3. The highest BCUT2D eigenvalue weighted by atomic mass is 15.1. The molecule has 4 rings (SSSR count). The molecule has 0 bridgehead atoms. The van der Waals surface area contributed by atoms with Gasteiger partial charge in [-0.3, -0.25) is 0 Å². The highest BCUT2D eigenvalue weighted by molar-refractivity contribution is 5.82. The van der Waals surface area contributed by atoms with Crippen LogP contribution < -0.4 is 0 Å². The molecule has 1 N–H and O–H groups in total. The van der Waals surface area contributed by atoms with Crippen LogP contribution in [-0.4, -0.2) is 29.5 Å². The standard InChI is InChI=1S/C23H28N2/c1-18-5-7-19(8-6-18)10-14-25-15-11-20(12-16-25)17-22-4-2-3-21-9-13-24-23(21)22/h2-9,13,20,24H,10-12,14-17H2,1H3. The quantitative estimate of drug-likeness (QED) is 0.698. The van der Waals surface area contributed by atoms with Gasteiger partial charge >= 0.3 is 0 Å². The number of fused-ring (bicyclic) bond motifs is 1. The van der Waals surface area contributed by atoms with Crippen molar-refractivity contribution in [3.63, 3.8) is 0 Å². The Morgan fingerprint density at radius 2 is 1.80 bits per heavy atom. The van der Waals surface area contributed by atoms with E-state index in [1.165, 1.54) is 72.9 Å². The Morgan fingerprint density at radius 1 is 1.00 bits per heavy atom. The molecule has 1 aromatic heterocycles. The molecule has 0 amide bonds. The SMILES string of the molecule is Cc1ccc(CCN2CCC(Cc3cccc4cc[nH]c34)CC2)cc1. The number of H-pyrrole nitrogens is 1. The van der Waals surface area contributed by atoms with Crippen LogP contribution in [0.5, 0.6) is 0 Å². The fourth-order valence-corrected chi connectivity index (χ4v) is 4.09. The highest BCUT2D eigenvalue weighted by Crippen LogP contribution is 2.25. The summed E-state index contributed by atoms with van der Waals surface area (Å²) in [6, 6.07) is 17.9. The van der Waals surface area contributed by atoms with E-state index in [-0.39, 0.29) is 0 Å². The maximum atomic E-state index is 3.42. The minimum Gasteiger partial charge on any atom is -0.361 e. The summed E-state index contributed by atoms with van der Waals surface area (Å²) >= 11 is 0. The van der Waals surface area contributed by atoms with Gasteiger partial charge < -0.3 is 9.88 Å². The molecule has 2 heteroatoms. The Balaban J connectivity index is 1.28. The van der Waals surface area contributed by atoms with Gasteiger partial charge in [-0.1, -0.05) is 48.0 Å². The number of aryl methyl sites for hydroxylation is 1. The third kappa shape index (κ3) is 3.96. The largest absolute Gasteiger partial charge is 0.361 e. The molecule has 25 heavy (non-hydrogen) atoms. The summed E-state index contributed by atoms with van der Waals surface area (Å²) in [5, 5.41) is 1.34. The van der Waals surface area contributed by atoms with E-state index in [2.05, 4.69) is 71.5 Å². The van der Waals surface area contributed by atoms with Crippen LogP contribution in [0.4, 0.5) is 0 Å². The minimum atomic E-state index is 0.824. The Labute approximate surface area is 150 Å². The van der Waals surface area contributed by atoms with Crippen LogP contribution in [0.25, 0.3) is 10.9 Å². The van der Waals surface area contributed by atoms with Crippen molar-refractivity contribution in [2.24, 2.45) is 5.92 Å². The number of benzene rings is 2. The van der Waals surface area contributed by atoms with Crippen LogP contribution in [0, 0.1) is 12.8 Å². The van der Waals surface area contributed by atoms with Gasteiger partial charge in [0.15, 0.2) is 0 Å². The summed E-state index contributed by atoms with van der Waals surface area (Å²) in [6.07, 6.45) is 7.09. The van der Waals surface area contributed by atoms with Gasteiger partial charge in [-0.15, -0.1) is 0 Å². The molecule has 0 radical (unpaired) electrons. The minimum absolute atomic E-state index is 0.824. The lowest BCUT2D eigenvalue weighted by molar-refractivity contribution is 0.186. The summed E-state index contributed by atoms with van der Waals surface area (Å²) in [5.74, 6) is 0.824. The number of likely N-dealkylation sites (tertiary alicyclic amines) is 1. The maximum Gasteiger partial charge on any atom is 0.0486 e. The van der Waals surface area contributed by atoms with Crippen molar-refractivity contribution in [1.29, 1.82) is 0 Å². The lowest BCUT2D eigenvalue weighted by atomic mass is 9.89. The molecule has 0 saturated carbocycles. The maximum absolute atomic E-state index is 3.42. The summed E-state index contributed by atoms with van der Waals surface area (Å²) in [4.78, 5) is 6.06. The number of hydrogen-bond acceptors (Lipinski definition) is 1. The molecule has 2 aromatic carbocycles. The number of rotatable bonds is 5. The number of aromatic nitrogens is 1. The molecule has 1 saturated heterocycles. The molecule has 1 aliphatic rings. The number of hydrogen-bond donors (Lipinski definition) is 1. The van der Waals surface area contributed by atoms with Gasteiger partial charge in [0.05, 0.1) is 0 Å². The third-order valence-electron chi connectivity index (χ3n) is 5.73. The van der Waals surface area contributed by atoms with Crippen LogP contribution >= 0.6 is 0 Å². The monoisotopic (exact) mass is 332 g/mol. The van der Waals surface area contributed by atoms with Crippen molar-refractivity contribution in [3.05, 3.63) is 71.4 Å². The van der Waals surface area contributed by atoms with Crippen molar-refractivity contribution in [3.8, 4) is 0 Å². The number of para-hydroxylation sites is 1. The fraction of sp³-hybridized carbons (Fsp3) is 0.391. The molecule has 0 unspecified atom stereocenters. The Hall–Kier alpha value is -2.06. The average Bonchev–Trinajstić information content (AvgIpc) is 3.12. The van der Waals surface area contributed by atoms with Crippen LogP contribution in [0.1, 0.15) is 29.5 Å². The summed E-state index contributed by atoms with van der Waals surface area (Å²) < 4.78 is 0. The summed E-state index contributed by atoms with van der Waals surface area (Å²) in [7, 11) is 0. The second kappa shape index (κ2) is 7.45. The predicted octanol–water partition coefficient (Wildman–Crippen LogP) is 4.97. The smallest absolute Gasteiger partial charge is 0.0486 e. The number of nitrogens with zero attached hydrogens (tertiary/aromatic N) is 1. The zero-order chi connectivity index (χ0) is 17.1. The van der Waals surface area contributed by atoms with Gasteiger partial charge in [-0.05, 0) is 74.2 Å². The lowest BCUT2D eigenvalue weighted by Crippen LogP contribution is -2.35. The summed E-state index contributed by atoms with van der Waals surface area (Å²) in [5.41, 5.74) is 5.64. The van der Waals surface area contributed by atoms with E-state index in [0.29, 0.717) is 0 Å². The zero-order valence-electron chi connectivity index (χ0n) is 15.2. The van der Waals surface area contributed by atoms with E-state index in [0.717, 1.165) is 5.92 Å². The van der Waals surface area contributed by atoms with Crippen molar-refractivity contribution in [2.45, 2.75) is 32.6 Å². The second-order valence-corrected chi connectivity index (χ2v) is 7.58. The fourth-order valence-electron chi connectivity index (χ4n) is 4.09. The predicted molar refractivity (Wildman–Crippen MR) is 106 cm³/mol. The van der Waals surface area contributed by atoms with Crippen molar-refractivity contribution in [1.82, 2.24) is 9.88 Å². The van der Waals surface area contributed by atoms with E-state index in [1.54, 1.807) is 0 Å². The summed E-state index contributed by atoms with van der Waals surface area (Å²) in [6.45, 7) is 5.85. The van der Waals surface area contributed by atoms with Crippen LogP contribution in [0.2, 0.25) is 0 Å². The van der Waals surface area contributed by atoms with Crippen LogP contribution in [0.3, 0.4) is 0 Å². The van der Waals surface area contributed by atoms with Gasteiger partial charge in [-0.25, -0.2) is 0 Å². The van der Waals surface area contributed by atoms with Crippen molar-refractivity contribution >= 4 is 10.9 Å². The van der Waals surface area contributed by atoms with Crippen molar-refractivity contribution in [2.75, 3.05) is 19.6 Å². The molecule has 0 aliphatic carbocycles. The van der Waals surface area contributed by atoms with Gasteiger partial charge in [0.1, 0.15) is 0 Å². The molecule has 3 aromatic rings. The molecule has 1 fully saturated rings. The molecule has 0 atom stereocenters. The van der Waals surface area contributed by atoms with E-state index in [4.69, 9.17) is 0 Å². The van der Waals surface area contributed by atoms with Crippen LogP contribution in [-0.2, 0) is 12.8 Å². The van der Waals surface area contributed by atoms with Crippen molar-refractivity contribution < 1.29 is 0 Å². The third-order valence-corrected chi connectivity index (χ3v) is 5.73. The molecule has 0 spiro atoms. The molecule has 2 nitrogen and oxygen atoms in total. The zero-order valence-corrected chi connectivity index (χ0v) is 15.2. The van der Waals surface area contributed by atoms with Gasteiger partial charge in [0, 0.05) is 18.3 Å². The topological polar surface area (TPSA) is 19.0 Å². The van der Waals surface area contributed by atoms with Gasteiger partial charge in [-0.2, -0.15) is 0 Å². The van der Waals surface area contributed by atoms with Crippen LogP contribution in [0.15, 0.2) is 54.7 Å². The molecular weight excluding hydrogens is 304 g/mol. The number of aromatic amines is 1. The molecule has 1 aliphatic heterocycles. The first-order valence-electron chi connectivity index (χ1n) is 9.61. The van der Waals surface area contributed by atoms with E-state index >= 15 is 0 Å². The lowest BCUT2D eigenvalue weighted by Gasteiger charge is -2.32. The highest BCUT2D eigenvalue weighted by Gasteiger charge is 2.20. The van der Waals surface area contributed by atoms with Gasteiger partial charge in [0.25, 0.3) is 0 Å². The van der Waals surface area contributed by atoms with E-state index < -0.39 is 0 Å². The average molecular weight is 332 g/mol. The molecule has 130 valence electrons. The van der Waals surface area contributed by atoms with Gasteiger partial charge in [0.2, 0.25) is 0 Å². The van der Waals surface area contributed by atoms with E-state index in [1.807, 2.05) is 0 Å². The number of nitrogens with one attached hydrogen (secondary N) is 1. The second-order valence-electron chi connectivity index (χ2n) is 7.58. The first kappa shape index (κ1) is 16.4. The Morgan fingerprint density at radius 3 is 2.60 bits per heavy atom. The first-order valence-corrected chi connectivity index (χ1v) is 9.61. The molecular formula is C23H28N2. The molecule has 2 heterocycles.